The van der Waals surface area contributed by atoms with Crippen LogP contribution in [0.2, 0.25) is 0 Å². The van der Waals surface area contributed by atoms with E-state index in [-0.39, 0.29) is 77.2 Å². The quantitative estimate of drug-likeness (QED) is 0.0695. The molecule has 10 atom stereocenters. The number of allylic oxidation sites excluding steroid dienone is 6. The van der Waals surface area contributed by atoms with Crippen LogP contribution >= 0.6 is 7.82 Å². The molecule has 0 saturated carbocycles. The zero-order valence-electron chi connectivity index (χ0n) is 42.3. The molecule has 0 spiro atoms. The van der Waals surface area contributed by atoms with Crippen molar-refractivity contribution in [2.45, 2.75) is 151 Å². The predicted octanol–water partition coefficient (Wildman–Crippen LogP) is 1.85. The molecule has 1 unspecified atom stereocenters. The average Bonchev–Trinajstić information content (AvgIpc) is 3.83. The largest absolute Gasteiger partial charge is 0.469 e. The Morgan fingerprint density at radius 3 is 1.83 bits per heavy atom. The molecule has 5 rings (SSSR count). The van der Waals surface area contributed by atoms with Gasteiger partial charge in [-0.2, -0.15) is 0 Å². The normalized spacial score (nSPS) is 33.1. The number of hydrogen-bond donors (Lipinski definition) is 10. The fourth-order valence-corrected chi connectivity index (χ4v) is 13.1. The number of nitrogens with one attached hydrogen (secondary N) is 2. The first-order chi connectivity index (χ1) is 32.6. The minimum absolute atomic E-state index is 0.0127. The number of phosphoric acid groups is 1. The zero-order chi connectivity index (χ0) is 53.6. The highest BCUT2D eigenvalue weighted by molar-refractivity contribution is 7.46. The van der Waals surface area contributed by atoms with Gasteiger partial charge in [-0.25, -0.2) is 4.57 Å². The molecule has 0 aromatic rings. The van der Waals surface area contributed by atoms with Gasteiger partial charge >= 0.3 is 7.82 Å². The first-order valence-corrected chi connectivity index (χ1v) is 25.5. The van der Waals surface area contributed by atoms with Crippen molar-refractivity contribution >= 4 is 66.3 Å². The molecule has 7 amide bonds. The van der Waals surface area contributed by atoms with Crippen LogP contribution in [-0.2, 0) is 42.7 Å². The van der Waals surface area contributed by atoms with Gasteiger partial charge in [0.1, 0.15) is 0 Å². The molecular weight excluding hydrogens is 938 g/mol. The molecule has 1 saturated heterocycles. The van der Waals surface area contributed by atoms with Crippen molar-refractivity contribution in [1.82, 2.24) is 10.6 Å². The maximum atomic E-state index is 13.7. The Labute approximate surface area is 414 Å². The summed E-state index contributed by atoms with van der Waals surface area (Å²) in [6.45, 7) is 16.2. The number of carbonyl (C=O) groups excluding carboxylic acids is 7. The molecule has 22 nitrogen and oxygen atoms in total. The molecule has 71 heavy (non-hydrogen) atoms. The minimum Gasteiger partial charge on any atom is -0.370 e. The van der Waals surface area contributed by atoms with Crippen molar-refractivity contribution in [3.63, 3.8) is 0 Å². The molecule has 392 valence electrons. The lowest BCUT2D eigenvalue weighted by Gasteiger charge is -2.48. The van der Waals surface area contributed by atoms with Gasteiger partial charge in [0.2, 0.25) is 41.4 Å². The van der Waals surface area contributed by atoms with E-state index < -0.39 is 112 Å². The van der Waals surface area contributed by atoms with Crippen LogP contribution in [-0.4, -0.2) is 92.5 Å². The van der Waals surface area contributed by atoms with Crippen molar-refractivity contribution < 1.29 is 52.4 Å². The SMILES string of the molecule is CC1=C2N/C(=C\C3=NC(=C(/C)C4=NC([C@H](CC(N)=O)[C@@]4(C)CCC(=O)NC[C@@H](C)OP(=O)(O)O)[C@]4(C)N=C1[C@@H](CCC(N)=O)[C@]4(C)CC(N)=O)/[C@@H](CCC(N)=O)C3(C)C)[C@@H](CCC(N)=O)[C@]2(C)CC(N)=O. The number of nitrogens with zero attached hydrogens (tertiary/aromatic N) is 3. The highest BCUT2D eigenvalue weighted by atomic mass is 31.2. The number of fused-ring (bicyclic) bond motifs is 6. The average molecular weight is 1010 g/mol. The molecular formula is C48H74N11O11P. The van der Waals surface area contributed by atoms with E-state index >= 15 is 0 Å². The summed E-state index contributed by atoms with van der Waals surface area (Å²) in [4.78, 5) is 127. The van der Waals surface area contributed by atoms with Gasteiger partial charge in [0.15, 0.2) is 0 Å². The van der Waals surface area contributed by atoms with Crippen LogP contribution in [0, 0.1) is 45.3 Å². The minimum atomic E-state index is -4.86. The molecule has 5 aliphatic heterocycles. The van der Waals surface area contributed by atoms with Gasteiger partial charge in [-0.1, -0.05) is 34.6 Å². The van der Waals surface area contributed by atoms with E-state index in [0.717, 1.165) is 0 Å². The lowest BCUT2D eigenvalue weighted by atomic mass is 9.55. The summed E-state index contributed by atoms with van der Waals surface area (Å²) in [6.07, 6.45) is 0.315. The smallest absolute Gasteiger partial charge is 0.370 e. The van der Waals surface area contributed by atoms with Crippen LogP contribution in [0.4, 0.5) is 0 Å². The summed E-state index contributed by atoms with van der Waals surface area (Å²) in [5, 5.41) is 6.31. The molecule has 5 heterocycles. The van der Waals surface area contributed by atoms with Gasteiger partial charge < -0.3 is 54.8 Å². The standard InChI is InChI=1S/C48H74N11O11P/c1-23(70-71(67,68)69)22-55-38(66)16-17-45(6)29(18-35(52)63)43-48(9)47(8,21-37(54)65)28(12-15-34(51)62)40(59-48)25(3)42-46(7,20-36(53)64)26(10-13-32(49)60)30(56-42)19-31-44(4,5)27(11-14-33(50)61)39(57-31)24(2)41(45)58-43/h19,23,26-29,43,56H,10-18,20-22H2,1-9H3,(H2,49,60)(H2,50,61)(H2,51,62)(H2,52,63)(H2,53,64)(H2,54,65)(H,55,66)(H2,67,68,69)/b30-19-,39-24-,42-25?/t23-,26-,27-,28-,29+,43?,45-,46+,47+,48+/m1/s1. The third-order valence-electron chi connectivity index (χ3n) is 16.4. The Bertz CT molecular complexity index is 2510. The maximum absolute atomic E-state index is 13.7. The van der Waals surface area contributed by atoms with E-state index in [9.17, 15) is 47.9 Å². The molecule has 23 heteroatoms. The van der Waals surface area contributed by atoms with Crippen LogP contribution in [0.1, 0.15) is 133 Å². The lowest BCUT2D eigenvalue weighted by Crippen LogP contribution is -2.56. The predicted molar refractivity (Wildman–Crippen MR) is 265 cm³/mol. The van der Waals surface area contributed by atoms with E-state index in [1.165, 1.54) is 6.92 Å². The number of carbonyl (C=O) groups is 7. The zero-order valence-corrected chi connectivity index (χ0v) is 43.2. The van der Waals surface area contributed by atoms with E-state index in [0.29, 0.717) is 45.4 Å². The van der Waals surface area contributed by atoms with Crippen LogP contribution in [0.3, 0.4) is 0 Å². The van der Waals surface area contributed by atoms with Gasteiger partial charge in [-0.15, -0.1) is 0 Å². The van der Waals surface area contributed by atoms with Crippen LogP contribution in [0.15, 0.2) is 49.3 Å². The molecule has 0 radical (unpaired) electrons. The van der Waals surface area contributed by atoms with Gasteiger partial charge in [-0.05, 0) is 70.6 Å². The molecule has 16 N–H and O–H groups in total. The number of phosphoric ester groups is 1. The highest BCUT2D eigenvalue weighted by Crippen LogP contribution is 2.62. The maximum Gasteiger partial charge on any atom is 0.469 e. The number of primary amides is 6. The van der Waals surface area contributed by atoms with Gasteiger partial charge in [0.25, 0.3) is 0 Å². The van der Waals surface area contributed by atoms with E-state index in [4.69, 9.17) is 53.9 Å². The molecule has 8 bridgehead atoms. The van der Waals surface area contributed by atoms with Crippen molar-refractivity contribution in [3.05, 3.63) is 34.3 Å². The summed E-state index contributed by atoms with van der Waals surface area (Å²) >= 11 is 0. The van der Waals surface area contributed by atoms with Crippen LogP contribution in [0.5, 0.6) is 0 Å². The first kappa shape index (κ1) is 56.3. The van der Waals surface area contributed by atoms with Crippen LogP contribution in [0.25, 0.3) is 0 Å². The van der Waals surface area contributed by atoms with Crippen molar-refractivity contribution in [2.24, 2.45) is 94.7 Å². The molecule has 0 aromatic carbocycles. The van der Waals surface area contributed by atoms with E-state index in [1.54, 1.807) is 0 Å². The molecule has 1 fully saturated rings. The fourth-order valence-electron chi connectivity index (χ4n) is 12.6. The van der Waals surface area contributed by atoms with E-state index in [2.05, 4.69) is 10.6 Å². The summed E-state index contributed by atoms with van der Waals surface area (Å²) in [7, 11) is -4.86. The van der Waals surface area contributed by atoms with Crippen molar-refractivity contribution in [1.29, 1.82) is 0 Å². The third-order valence-corrected chi connectivity index (χ3v) is 17.0. The van der Waals surface area contributed by atoms with Crippen molar-refractivity contribution in [3.8, 4) is 0 Å². The van der Waals surface area contributed by atoms with Crippen LogP contribution < -0.4 is 45.0 Å². The lowest BCUT2D eigenvalue weighted by molar-refractivity contribution is -0.124. The summed E-state index contributed by atoms with van der Waals surface area (Å²) in [5.41, 5.74) is 34.2. The molecule has 0 aliphatic carbocycles. The Hall–Kier alpha value is -5.57. The Morgan fingerprint density at radius 1 is 0.761 bits per heavy atom. The fraction of sp³-hybridized carbons (Fsp3) is 0.667. The number of aliphatic imine (C=N–C) groups is 3. The second kappa shape index (κ2) is 20.5. The second-order valence-electron chi connectivity index (χ2n) is 21.7. The van der Waals surface area contributed by atoms with Crippen molar-refractivity contribution in [2.75, 3.05) is 6.54 Å². The van der Waals surface area contributed by atoms with Gasteiger partial charge in [0, 0.05) is 131 Å². The molecule has 5 aliphatic rings. The number of amides is 7. The summed E-state index contributed by atoms with van der Waals surface area (Å²) in [6, 6.07) is -0.987. The summed E-state index contributed by atoms with van der Waals surface area (Å²) < 4.78 is 16.2. The topological polar surface area (TPSA) is 404 Å². The number of rotatable bonds is 22. The Morgan fingerprint density at radius 2 is 1.31 bits per heavy atom. The summed E-state index contributed by atoms with van der Waals surface area (Å²) in [5.74, 6) is -6.85. The monoisotopic (exact) mass is 1010 g/mol. The number of nitrogens with two attached hydrogens (primary N) is 6. The first-order valence-electron chi connectivity index (χ1n) is 24.0. The molecule has 0 aromatic heterocycles. The third kappa shape index (κ3) is 11.2. The van der Waals surface area contributed by atoms with Gasteiger partial charge in [-0.3, -0.25) is 53.1 Å². The Kier molecular flexibility index (Phi) is 16.3. The highest BCUT2D eigenvalue weighted by Gasteiger charge is 2.66. The Balaban J connectivity index is 1.94. The van der Waals surface area contributed by atoms with Gasteiger partial charge in [0.05, 0.1) is 17.7 Å². The second-order valence-corrected chi connectivity index (χ2v) is 22.9. The number of hydrogen-bond acceptors (Lipinski definition) is 13. The van der Waals surface area contributed by atoms with E-state index in [1.807, 2.05) is 61.5 Å².